The lowest BCUT2D eigenvalue weighted by Gasteiger charge is -2.07. The van der Waals surface area contributed by atoms with E-state index in [1.165, 1.54) is 9.36 Å². The first kappa shape index (κ1) is 20.0. The fourth-order valence-corrected chi connectivity index (χ4v) is 4.51. The molecule has 0 aliphatic heterocycles. The number of nitrogens with one attached hydrogen (secondary N) is 1. The lowest BCUT2D eigenvalue weighted by Crippen LogP contribution is -2.26. The summed E-state index contributed by atoms with van der Waals surface area (Å²) in [5, 5.41) is 17.9. The molecule has 10 nitrogen and oxygen atoms in total. The highest BCUT2D eigenvalue weighted by atomic mass is 16.1. The third kappa shape index (κ3) is 3.03. The molecule has 0 spiro atoms. The Morgan fingerprint density at radius 2 is 1.50 bits per heavy atom. The Kier molecular flexibility index (Phi) is 4.41. The molecule has 0 fully saturated rings. The van der Waals surface area contributed by atoms with Crippen molar-refractivity contribution in [3.63, 3.8) is 0 Å². The highest BCUT2D eigenvalue weighted by Crippen LogP contribution is 2.23. The van der Waals surface area contributed by atoms with E-state index in [2.05, 4.69) is 25.4 Å². The molecule has 5 aromatic heterocycles. The van der Waals surface area contributed by atoms with Crippen LogP contribution < -0.4 is 11.1 Å². The third-order valence-electron chi connectivity index (χ3n) is 6.15. The van der Waals surface area contributed by atoms with Crippen molar-refractivity contribution in [1.82, 2.24) is 39.3 Å². The van der Waals surface area contributed by atoms with Crippen LogP contribution >= 0.6 is 0 Å². The van der Waals surface area contributed by atoms with Crippen LogP contribution in [-0.4, -0.2) is 39.3 Å². The number of pyridine rings is 1. The van der Waals surface area contributed by atoms with Crippen molar-refractivity contribution >= 4 is 32.7 Å². The summed E-state index contributed by atoms with van der Waals surface area (Å²) in [6.07, 6.45) is 4.98. The summed E-state index contributed by atoms with van der Waals surface area (Å²) in [5.41, 5.74) is 3.69. The molecule has 34 heavy (non-hydrogen) atoms. The van der Waals surface area contributed by atoms with Gasteiger partial charge in [-0.25, -0.2) is 9.36 Å². The Morgan fingerprint density at radius 1 is 0.824 bits per heavy atom. The first-order chi connectivity index (χ1) is 16.5. The zero-order valence-electron chi connectivity index (χ0n) is 18.6. The maximum atomic E-state index is 13.4. The number of hydrogen-bond donors (Lipinski definition) is 1. The molecule has 0 saturated heterocycles. The lowest BCUT2D eigenvalue weighted by atomic mass is 10.1. The van der Waals surface area contributed by atoms with Crippen LogP contribution in [0, 0.1) is 6.92 Å². The van der Waals surface area contributed by atoms with E-state index in [4.69, 9.17) is 0 Å². The maximum Gasteiger partial charge on any atom is 0.291 e. The maximum absolute atomic E-state index is 13.4. The second kappa shape index (κ2) is 7.48. The van der Waals surface area contributed by atoms with Crippen molar-refractivity contribution in [1.29, 1.82) is 0 Å². The van der Waals surface area contributed by atoms with Crippen LogP contribution in [0.4, 0.5) is 0 Å². The summed E-state index contributed by atoms with van der Waals surface area (Å²) in [5.74, 6) is 0. The van der Waals surface area contributed by atoms with E-state index in [0.717, 1.165) is 27.9 Å². The molecule has 0 aliphatic carbocycles. The SMILES string of the molecule is Cc1cccc(Cn2ncc3c4cnn(Cc5cccc6[nH]ncc56)c(=O)c4n(C)c3c2=O)n1. The predicted molar refractivity (Wildman–Crippen MR) is 128 cm³/mol. The van der Waals surface area contributed by atoms with Gasteiger partial charge in [0.25, 0.3) is 11.1 Å². The van der Waals surface area contributed by atoms with Gasteiger partial charge in [0, 0.05) is 28.9 Å². The largest absolute Gasteiger partial charge is 0.334 e. The standard InChI is InChI=1S/C24H20N8O2/c1-14-5-3-7-16(28-14)13-32-24(34)22-19(11-27-32)18-10-26-31(23(33)21(18)30(22)2)12-15-6-4-8-20-17(15)9-25-29-20/h3-11H,12-13H2,1-2H3,(H,25,29). The van der Waals surface area contributed by atoms with Gasteiger partial charge in [-0.05, 0) is 30.7 Å². The van der Waals surface area contributed by atoms with Crippen LogP contribution in [0.5, 0.6) is 0 Å². The van der Waals surface area contributed by atoms with Gasteiger partial charge in [0.15, 0.2) is 0 Å². The van der Waals surface area contributed by atoms with E-state index in [0.29, 0.717) is 21.8 Å². The number of rotatable bonds is 4. The molecule has 10 heteroatoms. The van der Waals surface area contributed by atoms with E-state index in [-0.39, 0.29) is 24.2 Å². The molecule has 0 bridgehead atoms. The van der Waals surface area contributed by atoms with Gasteiger partial charge in [-0.3, -0.25) is 19.7 Å². The second-order valence-electron chi connectivity index (χ2n) is 8.32. The first-order valence-electron chi connectivity index (χ1n) is 10.8. The highest BCUT2D eigenvalue weighted by Gasteiger charge is 2.19. The van der Waals surface area contributed by atoms with Crippen LogP contribution in [0.15, 0.2) is 64.6 Å². The molecule has 0 radical (unpaired) electrons. The minimum absolute atomic E-state index is 0.245. The average molecular weight is 452 g/mol. The van der Waals surface area contributed by atoms with E-state index in [1.54, 1.807) is 30.2 Å². The van der Waals surface area contributed by atoms with Crippen molar-refractivity contribution in [2.45, 2.75) is 20.0 Å². The predicted octanol–water partition coefficient (Wildman–Crippen LogP) is 2.12. The summed E-state index contributed by atoms with van der Waals surface area (Å²) in [7, 11) is 1.73. The van der Waals surface area contributed by atoms with Crippen molar-refractivity contribution in [2.75, 3.05) is 0 Å². The Morgan fingerprint density at radius 3 is 2.21 bits per heavy atom. The van der Waals surface area contributed by atoms with Crippen molar-refractivity contribution < 1.29 is 0 Å². The van der Waals surface area contributed by atoms with Crippen molar-refractivity contribution in [3.05, 3.63) is 92.6 Å². The Labute approximate surface area is 192 Å². The van der Waals surface area contributed by atoms with Crippen LogP contribution in [0.3, 0.4) is 0 Å². The molecular formula is C24H20N8O2. The number of aryl methyl sites for hydroxylation is 2. The molecule has 1 aromatic carbocycles. The van der Waals surface area contributed by atoms with Gasteiger partial charge in [0.05, 0.1) is 42.9 Å². The summed E-state index contributed by atoms with van der Waals surface area (Å²) in [6, 6.07) is 11.4. The molecule has 1 N–H and O–H groups in total. The first-order valence-corrected chi connectivity index (χ1v) is 10.8. The van der Waals surface area contributed by atoms with E-state index in [9.17, 15) is 9.59 Å². The van der Waals surface area contributed by atoms with Crippen LogP contribution in [0.1, 0.15) is 17.0 Å². The third-order valence-corrected chi connectivity index (χ3v) is 6.15. The minimum Gasteiger partial charge on any atom is -0.334 e. The number of benzene rings is 1. The van der Waals surface area contributed by atoms with Crippen LogP contribution in [0.2, 0.25) is 0 Å². The number of nitrogens with zero attached hydrogens (tertiary/aromatic N) is 7. The van der Waals surface area contributed by atoms with Gasteiger partial charge in [-0.15, -0.1) is 0 Å². The average Bonchev–Trinajstić information content (AvgIpc) is 3.41. The Hall–Kier alpha value is -4.60. The minimum atomic E-state index is -0.284. The molecule has 0 atom stereocenters. The summed E-state index contributed by atoms with van der Waals surface area (Å²) >= 11 is 0. The normalized spacial score (nSPS) is 11.7. The van der Waals surface area contributed by atoms with E-state index < -0.39 is 0 Å². The van der Waals surface area contributed by atoms with Gasteiger partial charge < -0.3 is 4.57 Å². The number of hydrogen-bond acceptors (Lipinski definition) is 6. The Balaban J connectivity index is 1.49. The fraction of sp³-hybridized carbons (Fsp3) is 0.167. The zero-order valence-corrected chi connectivity index (χ0v) is 18.6. The number of aromatic nitrogens is 8. The molecule has 0 saturated carbocycles. The van der Waals surface area contributed by atoms with Gasteiger partial charge >= 0.3 is 0 Å². The monoisotopic (exact) mass is 452 g/mol. The summed E-state index contributed by atoms with van der Waals surface area (Å²) in [6.45, 7) is 2.43. The van der Waals surface area contributed by atoms with Gasteiger partial charge in [0.1, 0.15) is 11.0 Å². The molecule has 6 aromatic rings. The van der Waals surface area contributed by atoms with Gasteiger partial charge in [0.2, 0.25) is 0 Å². The zero-order chi connectivity index (χ0) is 23.4. The molecule has 0 amide bonds. The molecular weight excluding hydrogens is 432 g/mol. The number of aromatic amines is 1. The molecule has 5 heterocycles. The lowest BCUT2D eigenvalue weighted by molar-refractivity contribution is 0.631. The topological polar surface area (TPSA) is 116 Å². The van der Waals surface area contributed by atoms with Crippen LogP contribution in [-0.2, 0) is 20.1 Å². The Bertz CT molecular complexity index is 1840. The fourth-order valence-electron chi connectivity index (χ4n) is 4.51. The number of fused-ring (bicyclic) bond motifs is 4. The van der Waals surface area contributed by atoms with Gasteiger partial charge in [-0.2, -0.15) is 15.3 Å². The number of H-pyrrole nitrogens is 1. The van der Waals surface area contributed by atoms with Crippen molar-refractivity contribution in [2.24, 2.45) is 7.05 Å². The van der Waals surface area contributed by atoms with Crippen LogP contribution in [0.25, 0.3) is 32.7 Å². The van der Waals surface area contributed by atoms with Crippen molar-refractivity contribution in [3.8, 4) is 0 Å². The van der Waals surface area contributed by atoms with E-state index >= 15 is 0 Å². The summed E-state index contributed by atoms with van der Waals surface area (Å²) in [4.78, 5) is 31.2. The highest BCUT2D eigenvalue weighted by molar-refractivity contribution is 6.06. The quantitative estimate of drug-likeness (QED) is 0.438. The second-order valence-corrected chi connectivity index (χ2v) is 8.32. The van der Waals surface area contributed by atoms with E-state index in [1.807, 2.05) is 43.3 Å². The molecule has 168 valence electrons. The molecule has 0 aliphatic rings. The molecule has 0 unspecified atom stereocenters. The molecule has 6 rings (SSSR count). The summed E-state index contributed by atoms with van der Waals surface area (Å²) < 4.78 is 4.42. The van der Waals surface area contributed by atoms with Gasteiger partial charge in [-0.1, -0.05) is 18.2 Å². The smallest absolute Gasteiger partial charge is 0.291 e.